The summed E-state index contributed by atoms with van der Waals surface area (Å²) < 4.78 is 23.4. The summed E-state index contributed by atoms with van der Waals surface area (Å²) in [5.41, 5.74) is 1.43. The number of benzene rings is 2. The molecule has 0 saturated carbocycles. The predicted molar refractivity (Wildman–Crippen MR) is 77.9 cm³/mol. The second-order valence-corrected chi connectivity index (χ2v) is 4.51. The summed E-state index contributed by atoms with van der Waals surface area (Å²) in [5.74, 6) is -0.645. The van der Waals surface area contributed by atoms with Crippen molar-refractivity contribution in [2.24, 2.45) is 0 Å². The SMILES string of the molecule is CCOC(=O)C(c1ccc(F)cc1)c1cccc(OC)c1. The Morgan fingerprint density at radius 1 is 1.14 bits per heavy atom. The fraction of sp³-hybridized carbons (Fsp3) is 0.235. The first-order chi connectivity index (χ1) is 10.2. The Bertz CT molecular complexity index is 608. The fourth-order valence-corrected chi connectivity index (χ4v) is 2.17. The maximum absolute atomic E-state index is 13.1. The van der Waals surface area contributed by atoms with E-state index in [-0.39, 0.29) is 11.8 Å². The van der Waals surface area contributed by atoms with Gasteiger partial charge in [0.25, 0.3) is 0 Å². The highest BCUT2D eigenvalue weighted by Gasteiger charge is 2.24. The highest BCUT2D eigenvalue weighted by molar-refractivity contribution is 5.82. The molecule has 21 heavy (non-hydrogen) atoms. The summed E-state index contributed by atoms with van der Waals surface area (Å²) in [6.07, 6.45) is 0. The second kappa shape index (κ2) is 6.88. The van der Waals surface area contributed by atoms with E-state index in [1.807, 2.05) is 12.1 Å². The monoisotopic (exact) mass is 288 g/mol. The standard InChI is InChI=1S/C17H17FO3/c1-3-21-17(19)16(12-7-9-14(18)10-8-12)13-5-4-6-15(11-13)20-2/h4-11,16H,3H2,1-2H3. The zero-order valence-corrected chi connectivity index (χ0v) is 12.0. The van der Waals surface area contributed by atoms with E-state index in [0.29, 0.717) is 17.9 Å². The number of hydrogen-bond acceptors (Lipinski definition) is 3. The maximum atomic E-state index is 13.1. The Balaban J connectivity index is 2.44. The molecule has 0 heterocycles. The van der Waals surface area contributed by atoms with E-state index in [1.165, 1.54) is 12.1 Å². The molecule has 0 N–H and O–H groups in total. The van der Waals surface area contributed by atoms with Crippen LogP contribution >= 0.6 is 0 Å². The number of ether oxygens (including phenoxy) is 2. The van der Waals surface area contributed by atoms with Crippen LogP contribution in [0.4, 0.5) is 4.39 Å². The Hall–Kier alpha value is -2.36. The predicted octanol–water partition coefficient (Wildman–Crippen LogP) is 3.53. The summed E-state index contributed by atoms with van der Waals surface area (Å²) >= 11 is 0. The molecule has 0 aliphatic carbocycles. The molecule has 110 valence electrons. The first kappa shape index (κ1) is 15.0. The lowest BCUT2D eigenvalue weighted by Crippen LogP contribution is -2.17. The van der Waals surface area contributed by atoms with Crippen LogP contribution in [-0.4, -0.2) is 19.7 Å². The lowest BCUT2D eigenvalue weighted by Gasteiger charge is -2.17. The van der Waals surface area contributed by atoms with Crippen LogP contribution in [0.5, 0.6) is 5.75 Å². The molecular weight excluding hydrogens is 271 g/mol. The van der Waals surface area contributed by atoms with Crippen LogP contribution in [-0.2, 0) is 9.53 Å². The van der Waals surface area contributed by atoms with Crippen LogP contribution in [0.25, 0.3) is 0 Å². The van der Waals surface area contributed by atoms with E-state index in [4.69, 9.17) is 9.47 Å². The van der Waals surface area contributed by atoms with E-state index in [1.54, 1.807) is 38.3 Å². The molecule has 0 aliphatic rings. The molecule has 0 saturated heterocycles. The summed E-state index contributed by atoms with van der Waals surface area (Å²) in [6.45, 7) is 2.05. The van der Waals surface area contributed by atoms with Crippen LogP contribution in [0.15, 0.2) is 48.5 Å². The molecule has 1 unspecified atom stereocenters. The highest BCUT2D eigenvalue weighted by atomic mass is 19.1. The third-order valence-corrected chi connectivity index (χ3v) is 3.15. The minimum atomic E-state index is -0.597. The first-order valence-corrected chi connectivity index (χ1v) is 6.71. The summed E-state index contributed by atoms with van der Waals surface area (Å²) in [5, 5.41) is 0. The van der Waals surface area contributed by atoms with Gasteiger partial charge in [0, 0.05) is 0 Å². The molecule has 0 aliphatic heterocycles. The van der Waals surface area contributed by atoms with Gasteiger partial charge in [0.2, 0.25) is 0 Å². The molecule has 0 radical (unpaired) electrons. The van der Waals surface area contributed by atoms with Crippen LogP contribution in [0, 0.1) is 5.82 Å². The molecular formula is C17H17FO3. The lowest BCUT2D eigenvalue weighted by atomic mass is 9.91. The first-order valence-electron chi connectivity index (χ1n) is 6.71. The zero-order chi connectivity index (χ0) is 15.2. The third kappa shape index (κ3) is 3.60. The van der Waals surface area contributed by atoms with Crippen molar-refractivity contribution in [3.63, 3.8) is 0 Å². The average molecular weight is 288 g/mol. The summed E-state index contributed by atoms with van der Waals surface area (Å²) in [7, 11) is 1.57. The molecule has 0 spiro atoms. The second-order valence-electron chi connectivity index (χ2n) is 4.51. The molecule has 3 nitrogen and oxygen atoms in total. The van der Waals surface area contributed by atoms with E-state index >= 15 is 0 Å². The van der Waals surface area contributed by atoms with Gasteiger partial charge in [-0.3, -0.25) is 4.79 Å². The van der Waals surface area contributed by atoms with Gasteiger partial charge < -0.3 is 9.47 Å². The van der Waals surface area contributed by atoms with Crippen LogP contribution in [0.2, 0.25) is 0 Å². The number of halogens is 1. The van der Waals surface area contributed by atoms with E-state index in [2.05, 4.69) is 0 Å². The van der Waals surface area contributed by atoms with E-state index in [9.17, 15) is 9.18 Å². The Morgan fingerprint density at radius 2 is 1.86 bits per heavy atom. The van der Waals surface area contributed by atoms with Gasteiger partial charge in [-0.2, -0.15) is 0 Å². The molecule has 0 bridgehead atoms. The average Bonchev–Trinajstić information content (AvgIpc) is 2.50. The van der Waals surface area contributed by atoms with Crippen molar-refractivity contribution in [3.05, 3.63) is 65.5 Å². The molecule has 2 rings (SSSR count). The number of methoxy groups -OCH3 is 1. The molecule has 0 fully saturated rings. The minimum Gasteiger partial charge on any atom is -0.497 e. The quantitative estimate of drug-likeness (QED) is 0.790. The van der Waals surface area contributed by atoms with Gasteiger partial charge in [0.05, 0.1) is 13.7 Å². The summed E-state index contributed by atoms with van der Waals surface area (Å²) in [6, 6.07) is 13.1. The van der Waals surface area contributed by atoms with Gasteiger partial charge in [0.15, 0.2) is 0 Å². The van der Waals surface area contributed by atoms with E-state index in [0.717, 1.165) is 5.56 Å². The van der Waals surface area contributed by atoms with Gasteiger partial charge in [-0.05, 0) is 42.3 Å². The lowest BCUT2D eigenvalue weighted by molar-refractivity contribution is -0.143. The third-order valence-electron chi connectivity index (χ3n) is 3.15. The minimum absolute atomic E-state index is 0.292. The molecule has 0 amide bonds. The van der Waals surface area contributed by atoms with Crippen molar-refractivity contribution >= 4 is 5.97 Å². The smallest absolute Gasteiger partial charge is 0.317 e. The number of carbonyl (C=O) groups is 1. The van der Waals surface area contributed by atoms with Gasteiger partial charge in [-0.25, -0.2) is 4.39 Å². The Labute approximate surface area is 123 Å². The molecule has 2 aromatic rings. The van der Waals surface area contributed by atoms with Gasteiger partial charge in [0.1, 0.15) is 17.5 Å². The van der Waals surface area contributed by atoms with Crippen molar-refractivity contribution in [2.75, 3.05) is 13.7 Å². The number of hydrogen-bond donors (Lipinski definition) is 0. The van der Waals surface area contributed by atoms with Crippen molar-refractivity contribution in [2.45, 2.75) is 12.8 Å². The van der Waals surface area contributed by atoms with Crippen molar-refractivity contribution in [1.29, 1.82) is 0 Å². The van der Waals surface area contributed by atoms with E-state index < -0.39 is 5.92 Å². The normalized spacial score (nSPS) is 11.8. The van der Waals surface area contributed by atoms with Gasteiger partial charge in [-0.1, -0.05) is 24.3 Å². The van der Waals surface area contributed by atoms with Gasteiger partial charge >= 0.3 is 5.97 Å². The molecule has 2 aromatic carbocycles. The van der Waals surface area contributed by atoms with Crippen molar-refractivity contribution in [3.8, 4) is 5.75 Å². The highest BCUT2D eigenvalue weighted by Crippen LogP contribution is 2.28. The topological polar surface area (TPSA) is 35.5 Å². The molecule has 1 atom stereocenters. The van der Waals surface area contributed by atoms with Crippen molar-refractivity contribution in [1.82, 2.24) is 0 Å². The summed E-state index contributed by atoms with van der Waals surface area (Å²) in [4.78, 5) is 12.3. The largest absolute Gasteiger partial charge is 0.497 e. The van der Waals surface area contributed by atoms with Crippen LogP contribution in [0.1, 0.15) is 24.0 Å². The fourth-order valence-electron chi connectivity index (χ4n) is 2.17. The number of esters is 1. The Morgan fingerprint density at radius 3 is 2.48 bits per heavy atom. The zero-order valence-electron chi connectivity index (χ0n) is 12.0. The molecule has 4 heteroatoms. The molecule has 0 aromatic heterocycles. The Kier molecular flexibility index (Phi) is 4.93. The maximum Gasteiger partial charge on any atom is 0.317 e. The van der Waals surface area contributed by atoms with Crippen LogP contribution < -0.4 is 4.74 Å². The van der Waals surface area contributed by atoms with Crippen molar-refractivity contribution < 1.29 is 18.7 Å². The van der Waals surface area contributed by atoms with Gasteiger partial charge in [-0.15, -0.1) is 0 Å². The number of rotatable bonds is 5. The van der Waals surface area contributed by atoms with Crippen LogP contribution in [0.3, 0.4) is 0 Å². The number of carbonyl (C=O) groups excluding carboxylic acids is 1.